The first kappa shape index (κ1) is 12.6. The van der Waals surface area contributed by atoms with Crippen molar-refractivity contribution in [2.24, 2.45) is 7.05 Å². The van der Waals surface area contributed by atoms with Crippen molar-refractivity contribution in [3.05, 3.63) is 52.8 Å². The molecule has 2 aromatic heterocycles. The minimum Gasteiger partial charge on any atom is -0.408 e. The quantitative estimate of drug-likeness (QED) is 0.775. The molecule has 0 fully saturated rings. The van der Waals surface area contributed by atoms with Gasteiger partial charge in [0.1, 0.15) is 0 Å². The minimum absolute atomic E-state index is 0.381. The Balaban J connectivity index is 2.17. The summed E-state index contributed by atoms with van der Waals surface area (Å²) in [5, 5.41) is 9.61. The summed E-state index contributed by atoms with van der Waals surface area (Å²) in [5.41, 5.74) is 3.85. The molecule has 5 heteroatoms. The Labute approximate surface area is 115 Å². The van der Waals surface area contributed by atoms with Crippen LogP contribution in [0.2, 0.25) is 0 Å². The number of fused-ring (bicyclic) bond motifs is 1. The summed E-state index contributed by atoms with van der Waals surface area (Å²) < 4.78 is 6.57. The van der Waals surface area contributed by atoms with Gasteiger partial charge in [-0.3, -0.25) is 9.55 Å². The predicted octanol–water partition coefficient (Wildman–Crippen LogP) is 2.25. The zero-order chi connectivity index (χ0) is 14.3. The molecule has 0 amide bonds. The number of aromatic nitrogens is 2. The molecule has 3 rings (SSSR count). The van der Waals surface area contributed by atoms with Crippen molar-refractivity contribution in [3.63, 3.8) is 0 Å². The summed E-state index contributed by atoms with van der Waals surface area (Å²) >= 11 is 0. The highest BCUT2D eigenvalue weighted by Gasteiger charge is 2.09. The molecule has 5 nitrogen and oxygen atoms in total. The molecule has 3 aromatic rings. The number of aliphatic hydroxyl groups excluding tert-OH is 1. The van der Waals surface area contributed by atoms with E-state index in [2.05, 4.69) is 4.98 Å². The SMILES string of the molecule is CC(O)c1cncc(-c2ccc3oc(=O)n(C)c3c2)c1. The molecule has 1 atom stereocenters. The molecule has 0 saturated carbocycles. The molecule has 20 heavy (non-hydrogen) atoms. The van der Waals surface area contributed by atoms with Crippen LogP contribution >= 0.6 is 0 Å². The lowest BCUT2D eigenvalue weighted by Gasteiger charge is -2.07. The Hall–Kier alpha value is -2.40. The molecular weight excluding hydrogens is 256 g/mol. The number of pyridine rings is 1. The van der Waals surface area contributed by atoms with Gasteiger partial charge in [0.15, 0.2) is 5.58 Å². The predicted molar refractivity (Wildman–Crippen MR) is 75.3 cm³/mol. The summed E-state index contributed by atoms with van der Waals surface area (Å²) in [5.74, 6) is -0.381. The van der Waals surface area contributed by atoms with E-state index in [9.17, 15) is 9.90 Å². The Kier molecular flexibility index (Phi) is 2.91. The average molecular weight is 270 g/mol. The third kappa shape index (κ3) is 2.02. The maximum absolute atomic E-state index is 11.5. The van der Waals surface area contributed by atoms with Crippen LogP contribution in [0.15, 0.2) is 45.9 Å². The molecule has 0 aliphatic heterocycles. The zero-order valence-electron chi connectivity index (χ0n) is 11.2. The molecule has 0 aliphatic rings. The maximum Gasteiger partial charge on any atom is 0.419 e. The zero-order valence-corrected chi connectivity index (χ0v) is 11.2. The second-order valence-electron chi connectivity index (χ2n) is 4.79. The van der Waals surface area contributed by atoms with Crippen molar-refractivity contribution < 1.29 is 9.52 Å². The molecule has 1 aromatic carbocycles. The van der Waals surface area contributed by atoms with Crippen molar-refractivity contribution in [1.82, 2.24) is 9.55 Å². The number of nitrogens with zero attached hydrogens (tertiary/aromatic N) is 2. The largest absolute Gasteiger partial charge is 0.419 e. The molecule has 102 valence electrons. The number of aliphatic hydroxyl groups is 1. The monoisotopic (exact) mass is 270 g/mol. The number of hydrogen-bond acceptors (Lipinski definition) is 4. The fourth-order valence-corrected chi connectivity index (χ4v) is 2.15. The van der Waals surface area contributed by atoms with Gasteiger partial charge < -0.3 is 9.52 Å². The molecule has 0 aliphatic carbocycles. The smallest absolute Gasteiger partial charge is 0.408 e. The Bertz CT molecular complexity index is 830. The van der Waals surface area contributed by atoms with Crippen molar-refractivity contribution in [2.75, 3.05) is 0 Å². The van der Waals surface area contributed by atoms with E-state index in [0.717, 1.165) is 22.2 Å². The molecular formula is C15H14N2O3. The topological polar surface area (TPSA) is 68.3 Å². The summed E-state index contributed by atoms with van der Waals surface area (Å²) in [7, 11) is 1.67. The van der Waals surface area contributed by atoms with Crippen molar-refractivity contribution in [2.45, 2.75) is 13.0 Å². The number of oxazole rings is 1. The molecule has 1 N–H and O–H groups in total. The van der Waals surface area contributed by atoms with E-state index in [1.54, 1.807) is 32.4 Å². The van der Waals surface area contributed by atoms with Gasteiger partial charge in [0.25, 0.3) is 0 Å². The molecule has 1 unspecified atom stereocenters. The number of benzene rings is 1. The molecule has 2 heterocycles. The standard InChI is InChI=1S/C15H14N2O3/c1-9(18)11-5-12(8-16-7-11)10-3-4-14-13(6-10)17(2)15(19)20-14/h3-9,18H,1-2H3. The van der Waals surface area contributed by atoms with Gasteiger partial charge in [0.2, 0.25) is 0 Å². The van der Waals surface area contributed by atoms with Gasteiger partial charge in [-0.15, -0.1) is 0 Å². The lowest BCUT2D eigenvalue weighted by molar-refractivity contribution is 0.199. The van der Waals surface area contributed by atoms with E-state index in [1.807, 2.05) is 18.2 Å². The van der Waals surface area contributed by atoms with E-state index in [0.29, 0.717) is 5.58 Å². The van der Waals surface area contributed by atoms with Crippen molar-refractivity contribution in [1.29, 1.82) is 0 Å². The molecule has 0 saturated heterocycles. The van der Waals surface area contributed by atoms with Gasteiger partial charge in [-0.05, 0) is 36.2 Å². The molecule has 0 spiro atoms. The fourth-order valence-electron chi connectivity index (χ4n) is 2.15. The van der Waals surface area contributed by atoms with E-state index in [-0.39, 0.29) is 5.76 Å². The van der Waals surface area contributed by atoms with Crippen LogP contribution in [0.5, 0.6) is 0 Å². The Morgan fingerprint density at radius 3 is 2.80 bits per heavy atom. The first-order valence-corrected chi connectivity index (χ1v) is 6.29. The van der Waals surface area contributed by atoms with Crippen LogP contribution in [-0.4, -0.2) is 14.7 Å². The van der Waals surface area contributed by atoms with Gasteiger partial charge >= 0.3 is 5.76 Å². The first-order valence-electron chi connectivity index (χ1n) is 6.29. The van der Waals surface area contributed by atoms with E-state index < -0.39 is 6.10 Å². The van der Waals surface area contributed by atoms with Crippen molar-refractivity contribution in [3.8, 4) is 11.1 Å². The van der Waals surface area contributed by atoms with Gasteiger partial charge in [-0.25, -0.2) is 4.79 Å². The van der Waals surface area contributed by atoms with E-state index >= 15 is 0 Å². The highest BCUT2D eigenvalue weighted by atomic mass is 16.4. The number of hydrogen-bond donors (Lipinski definition) is 1. The fraction of sp³-hybridized carbons (Fsp3) is 0.200. The van der Waals surface area contributed by atoms with Crippen molar-refractivity contribution >= 4 is 11.1 Å². The summed E-state index contributed by atoms with van der Waals surface area (Å²) in [6, 6.07) is 7.40. The summed E-state index contributed by atoms with van der Waals surface area (Å²) in [6.07, 6.45) is 2.80. The second kappa shape index (κ2) is 4.61. The van der Waals surface area contributed by atoms with Gasteiger partial charge in [-0.2, -0.15) is 0 Å². The number of aryl methyl sites for hydroxylation is 1. The minimum atomic E-state index is -0.565. The third-order valence-electron chi connectivity index (χ3n) is 3.37. The summed E-state index contributed by atoms with van der Waals surface area (Å²) in [6.45, 7) is 1.70. The number of rotatable bonds is 2. The first-order chi connectivity index (χ1) is 9.56. The van der Waals surface area contributed by atoms with Crippen LogP contribution in [0.25, 0.3) is 22.2 Å². The highest BCUT2D eigenvalue weighted by molar-refractivity contribution is 5.80. The van der Waals surface area contributed by atoms with Gasteiger partial charge in [0, 0.05) is 25.0 Å². The maximum atomic E-state index is 11.5. The van der Waals surface area contributed by atoms with Crippen LogP contribution in [0.4, 0.5) is 0 Å². The Morgan fingerprint density at radius 2 is 2.05 bits per heavy atom. The van der Waals surface area contributed by atoms with E-state index in [4.69, 9.17) is 4.42 Å². The van der Waals surface area contributed by atoms with Gasteiger partial charge in [-0.1, -0.05) is 6.07 Å². The van der Waals surface area contributed by atoms with E-state index in [1.165, 1.54) is 4.57 Å². The van der Waals surface area contributed by atoms with Gasteiger partial charge in [0.05, 0.1) is 11.6 Å². The average Bonchev–Trinajstić information content (AvgIpc) is 2.74. The normalized spacial score (nSPS) is 12.8. The van der Waals surface area contributed by atoms with Crippen LogP contribution in [0.1, 0.15) is 18.6 Å². The van der Waals surface area contributed by atoms with Crippen LogP contribution < -0.4 is 5.76 Å². The highest BCUT2D eigenvalue weighted by Crippen LogP contribution is 2.25. The summed E-state index contributed by atoms with van der Waals surface area (Å²) in [4.78, 5) is 15.6. The lowest BCUT2D eigenvalue weighted by Crippen LogP contribution is -2.08. The molecule has 0 bridgehead atoms. The Morgan fingerprint density at radius 1 is 1.25 bits per heavy atom. The van der Waals surface area contributed by atoms with Crippen LogP contribution in [-0.2, 0) is 7.05 Å². The lowest BCUT2D eigenvalue weighted by atomic mass is 10.0. The molecule has 0 radical (unpaired) electrons. The van der Waals surface area contributed by atoms with Crippen LogP contribution in [0, 0.1) is 0 Å². The third-order valence-corrected chi connectivity index (χ3v) is 3.37. The second-order valence-corrected chi connectivity index (χ2v) is 4.79. The van der Waals surface area contributed by atoms with Crippen LogP contribution in [0.3, 0.4) is 0 Å².